The number of carbonyl (C=O) groups is 1. The van der Waals surface area contributed by atoms with Gasteiger partial charge in [-0.1, -0.05) is 35.1 Å². The first-order valence-corrected chi connectivity index (χ1v) is 15.2. The number of anilines is 1. The molecule has 0 bridgehead atoms. The number of aryl methyl sites for hydroxylation is 2. The van der Waals surface area contributed by atoms with Crippen molar-refractivity contribution in [3.05, 3.63) is 68.6 Å². The third-order valence-corrected chi connectivity index (χ3v) is 9.94. The highest BCUT2D eigenvalue weighted by Crippen LogP contribution is 2.39. The zero-order chi connectivity index (χ0) is 28.3. The van der Waals surface area contributed by atoms with Crippen molar-refractivity contribution in [2.45, 2.75) is 32.7 Å². The van der Waals surface area contributed by atoms with E-state index >= 15 is 4.39 Å². The number of amides is 1. The van der Waals surface area contributed by atoms with Crippen LogP contribution in [0, 0.1) is 25.5 Å². The monoisotopic (exact) mass is 608 g/mol. The third kappa shape index (κ3) is 4.47. The summed E-state index contributed by atoms with van der Waals surface area (Å²) in [5.41, 5.74) is 1.29. The van der Waals surface area contributed by atoms with Crippen LogP contribution in [0.4, 0.5) is 14.6 Å². The maximum Gasteiger partial charge on any atom is 0.261 e. The predicted molar refractivity (Wildman–Crippen MR) is 144 cm³/mol. The number of fused-ring (bicyclic) bond motifs is 3. The number of hydrogen-bond acceptors (Lipinski definition) is 8. The van der Waals surface area contributed by atoms with Gasteiger partial charge in [-0.05, 0) is 38.0 Å². The summed E-state index contributed by atoms with van der Waals surface area (Å²) in [5, 5.41) is 5.13. The van der Waals surface area contributed by atoms with E-state index < -0.39 is 40.2 Å². The number of benzene rings is 1. The maximum atomic E-state index is 15.3. The van der Waals surface area contributed by atoms with Crippen molar-refractivity contribution in [3.63, 3.8) is 0 Å². The number of pyridine rings is 1. The summed E-state index contributed by atoms with van der Waals surface area (Å²) in [6.45, 7) is 3.31. The minimum Gasteiger partial charge on any atom is -0.481 e. The normalized spacial score (nSPS) is 18.4. The Morgan fingerprint density at radius 2 is 1.95 bits per heavy atom. The Balaban J connectivity index is 1.31. The lowest BCUT2D eigenvalue weighted by molar-refractivity contribution is -0.135. The van der Waals surface area contributed by atoms with Gasteiger partial charge >= 0.3 is 0 Å². The molecule has 10 nitrogen and oxygen atoms in total. The van der Waals surface area contributed by atoms with Crippen molar-refractivity contribution in [1.29, 1.82) is 0 Å². The van der Waals surface area contributed by atoms with Crippen LogP contribution in [0.15, 0.2) is 24.3 Å². The van der Waals surface area contributed by atoms with Gasteiger partial charge in [-0.3, -0.25) is 9.10 Å². The first-order chi connectivity index (χ1) is 19.0. The van der Waals surface area contributed by atoms with Crippen molar-refractivity contribution < 1.29 is 26.7 Å². The number of imidazole rings is 1. The molecule has 3 aromatic heterocycles. The molecule has 0 saturated carbocycles. The van der Waals surface area contributed by atoms with Crippen molar-refractivity contribution in [1.82, 2.24) is 24.5 Å². The fraction of sp³-hybridized carbons (Fsp3) is 0.360. The lowest BCUT2D eigenvalue weighted by Gasteiger charge is -2.35. The highest BCUT2D eigenvalue weighted by Gasteiger charge is 2.39. The molecular formula is C25H23ClF2N6O4S2. The molecule has 0 radical (unpaired) electrons. The second-order valence-corrected chi connectivity index (χ2v) is 13.1. The number of halogens is 3. The highest BCUT2D eigenvalue weighted by atomic mass is 35.5. The minimum atomic E-state index is -3.44. The topological polar surface area (TPSA) is 110 Å². The van der Waals surface area contributed by atoms with Crippen molar-refractivity contribution in [3.8, 4) is 5.75 Å². The Morgan fingerprint density at radius 3 is 2.67 bits per heavy atom. The van der Waals surface area contributed by atoms with Gasteiger partial charge in [-0.25, -0.2) is 31.7 Å². The summed E-state index contributed by atoms with van der Waals surface area (Å²) in [7, 11) is -3.44. The lowest BCUT2D eigenvalue weighted by atomic mass is 9.94. The van der Waals surface area contributed by atoms with Crippen LogP contribution in [0.1, 0.15) is 40.0 Å². The van der Waals surface area contributed by atoms with E-state index in [2.05, 4.69) is 15.1 Å². The molecule has 210 valence electrons. The molecule has 0 aliphatic carbocycles. The van der Waals surface area contributed by atoms with Crippen LogP contribution in [0.3, 0.4) is 0 Å². The van der Waals surface area contributed by atoms with Crippen LogP contribution in [0.2, 0.25) is 5.15 Å². The highest BCUT2D eigenvalue weighted by molar-refractivity contribution is 7.93. The summed E-state index contributed by atoms with van der Waals surface area (Å²) in [6.07, 6.45) is 0.881. The summed E-state index contributed by atoms with van der Waals surface area (Å²) >= 11 is 7.64. The standard InChI is InChI=1S/C25H23ClF2N6O4S2/c1-13-4-5-15(21(28)20(13)27)22-23-16(29-25-34(23)31-14(2)39-25)8-10-32(22)19(35)12-38-17-6-7-18(30-24(17)26)33-9-3-11-40(33,36)37/h4-7,22H,3,8-12H2,1-2H3. The molecule has 2 aliphatic heterocycles. The van der Waals surface area contributed by atoms with Gasteiger partial charge in [0.05, 0.1) is 17.1 Å². The van der Waals surface area contributed by atoms with E-state index in [1.165, 1.54) is 51.7 Å². The molecule has 15 heteroatoms. The summed E-state index contributed by atoms with van der Waals surface area (Å²) in [6, 6.07) is 4.86. The van der Waals surface area contributed by atoms with Gasteiger partial charge in [-0.2, -0.15) is 5.10 Å². The molecule has 1 saturated heterocycles. The van der Waals surface area contributed by atoms with Crippen molar-refractivity contribution in [2.24, 2.45) is 0 Å². The number of ether oxygens (including phenoxy) is 1. The van der Waals surface area contributed by atoms with Crippen LogP contribution < -0.4 is 9.04 Å². The fourth-order valence-electron chi connectivity index (χ4n) is 5.10. The van der Waals surface area contributed by atoms with Gasteiger partial charge < -0.3 is 9.64 Å². The number of sulfonamides is 1. The zero-order valence-corrected chi connectivity index (χ0v) is 23.8. The number of nitrogens with zero attached hydrogens (tertiary/aromatic N) is 6. The Morgan fingerprint density at radius 1 is 1.15 bits per heavy atom. The Kier molecular flexibility index (Phi) is 6.66. The van der Waals surface area contributed by atoms with E-state index in [1.807, 2.05) is 6.92 Å². The molecule has 40 heavy (non-hydrogen) atoms. The van der Waals surface area contributed by atoms with Crippen LogP contribution in [-0.2, 0) is 21.2 Å². The Labute approximate surface area is 237 Å². The molecule has 6 rings (SSSR count). The van der Waals surface area contributed by atoms with Gasteiger partial charge in [0.1, 0.15) is 16.9 Å². The quantitative estimate of drug-likeness (QED) is 0.317. The van der Waals surface area contributed by atoms with Crippen LogP contribution in [-0.4, -0.2) is 64.3 Å². The third-order valence-electron chi connectivity index (χ3n) is 7.00. The van der Waals surface area contributed by atoms with Gasteiger partial charge in [0.25, 0.3) is 5.91 Å². The lowest BCUT2D eigenvalue weighted by Crippen LogP contribution is -2.43. The van der Waals surface area contributed by atoms with Gasteiger partial charge in [0, 0.05) is 25.1 Å². The first kappa shape index (κ1) is 26.8. The molecule has 1 aromatic carbocycles. The molecule has 4 aromatic rings. The summed E-state index contributed by atoms with van der Waals surface area (Å²) in [5.74, 6) is -2.24. The second-order valence-electron chi connectivity index (χ2n) is 9.59. The second kappa shape index (κ2) is 9.93. The molecule has 5 heterocycles. The van der Waals surface area contributed by atoms with E-state index in [9.17, 15) is 17.6 Å². The zero-order valence-electron chi connectivity index (χ0n) is 21.4. The molecule has 2 aliphatic rings. The molecule has 0 spiro atoms. The van der Waals surface area contributed by atoms with Gasteiger partial charge in [0.2, 0.25) is 15.0 Å². The number of aromatic nitrogens is 4. The number of rotatable bonds is 5. The van der Waals surface area contributed by atoms with E-state index in [4.69, 9.17) is 16.3 Å². The predicted octanol–water partition coefficient (Wildman–Crippen LogP) is 3.83. The number of hydrogen-bond donors (Lipinski definition) is 0. The fourth-order valence-corrected chi connectivity index (χ4v) is 7.58. The first-order valence-electron chi connectivity index (χ1n) is 12.4. The van der Waals surface area contributed by atoms with Crippen LogP contribution in [0.5, 0.6) is 5.75 Å². The summed E-state index contributed by atoms with van der Waals surface area (Å²) in [4.78, 5) is 24.3. The molecule has 1 unspecified atom stereocenters. The summed E-state index contributed by atoms with van der Waals surface area (Å²) < 4.78 is 62.9. The molecule has 1 fully saturated rings. The van der Waals surface area contributed by atoms with Crippen LogP contribution in [0.25, 0.3) is 4.96 Å². The van der Waals surface area contributed by atoms with Crippen molar-refractivity contribution in [2.75, 3.05) is 29.8 Å². The van der Waals surface area contributed by atoms with E-state index in [0.717, 1.165) is 5.01 Å². The van der Waals surface area contributed by atoms with Gasteiger partial charge in [0.15, 0.2) is 29.1 Å². The number of carbonyl (C=O) groups excluding carboxylic acids is 1. The smallest absolute Gasteiger partial charge is 0.261 e. The van der Waals surface area contributed by atoms with E-state index in [1.54, 1.807) is 4.52 Å². The SMILES string of the molecule is Cc1nn2c3c(nc2s1)CCN(C(=O)COc1ccc(N2CCCS2(=O)=O)nc1Cl)C3c1ccc(C)c(F)c1F. The Bertz CT molecular complexity index is 1780. The molecule has 0 N–H and O–H groups in total. The maximum absolute atomic E-state index is 15.3. The molecule has 1 atom stereocenters. The average Bonchev–Trinajstić information content (AvgIpc) is 3.56. The largest absolute Gasteiger partial charge is 0.481 e. The average molecular weight is 609 g/mol. The van der Waals surface area contributed by atoms with E-state index in [0.29, 0.717) is 35.7 Å². The van der Waals surface area contributed by atoms with E-state index in [-0.39, 0.29) is 40.1 Å². The van der Waals surface area contributed by atoms with Crippen LogP contribution >= 0.6 is 22.9 Å². The van der Waals surface area contributed by atoms with Gasteiger partial charge in [-0.15, -0.1) is 0 Å². The molecule has 1 amide bonds. The minimum absolute atomic E-state index is 0.0132. The van der Waals surface area contributed by atoms with Crippen molar-refractivity contribution >= 4 is 49.6 Å². The Hall–Kier alpha value is -3.36. The molecular weight excluding hydrogens is 586 g/mol.